The predicted molar refractivity (Wildman–Crippen MR) is 259 cm³/mol. The third kappa shape index (κ3) is 18.3. The van der Waals surface area contributed by atoms with Gasteiger partial charge in [-0.1, -0.05) is 0 Å². The number of nitrogens with zero attached hydrogens (tertiary/aromatic N) is 3. The number of ether oxygens (including phenoxy) is 8. The minimum Gasteiger partial charge on any atom is -0.394 e. The number of imide groups is 1. The van der Waals surface area contributed by atoms with Crippen molar-refractivity contribution < 1.29 is 153 Å². The van der Waals surface area contributed by atoms with Gasteiger partial charge in [-0.25, -0.2) is 4.79 Å². The number of hydrogen-bond donors (Lipinski definition) is 17. The van der Waals surface area contributed by atoms with Crippen molar-refractivity contribution in [1.29, 1.82) is 0 Å². The number of hydroxylamine groups is 2. The van der Waals surface area contributed by atoms with Gasteiger partial charge in [0.05, 0.1) is 52.9 Å². The average molecular weight is 1200 g/mol. The number of nitrogens with one attached hydrogen (secondary N) is 1. The van der Waals surface area contributed by atoms with Crippen LogP contribution in [0.25, 0.3) is 0 Å². The van der Waals surface area contributed by atoms with E-state index in [-0.39, 0.29) is 38.5 Å². The van der Waals surface area contributed by atoms with E-state index in [0.29, 0.717) is 5.06 Å². The quantitative estimate of drug-likeness (QED) is 0.0226. The summed E-state index contributed by atoms with van der Waals surface area (Å²) in [4.78, 5) is 85.9. The predicted octanol–water partition coefficient (Wildman–Crippen LogP) is -11.7. The lowest BCUT2D eigenvalue weighted by Crippen LogP contribution is -2.59. The molecule has 17 N–H and O–H groups in total. The van der Waals surface area contributed by atoms with E-state index in [1.165, 1.54) is 0 Å². The lowest BCUT2D eigenvalue weighted by Gasteiger charge is -2.40. The molecule has 5 aliphatic rings. The van der Waals surface area contributed by atoms with Crippen LogP contribution in [-0.4, -0.2) is 340 Å². The Morgan fingerprint density at radius 3 is 1.15 bits per heavy atom. The van der Waals surface area contributed by atoms with Crippen molar-refractivity contribution in [2.24, 2.45) is 0 Å². The summed E-state index contributed by atoms with van der Waals surface area (Å²) in [6.45, 7) is -7.14. The summed E-state index contributed by atoms with van der Waals surface area (Å²) in [7, 11) is 0. The van der Waals surface area contributed by atoms with Crippen molar-refractivity contribution in [2.75, 3.05) is 79.0 Å². The first-order valence-corrected chi connectivity index (χ1v) is 26.6. The van der Waals surface area contributed by atoms with E-state index < -0.39 is 256 Å². The maximum absolute atomic E-state index is 14.8. The lowest BCUT2D eigenvalue weighted by molar-refractivity contribution is -0.303. The molecule has 35 heteroatoms. The molecule has 5 amide bonds. The summed E-state index contributed by atoms with van der Waals surface area (Å²) in [5.74, 6) is -4.98. The Labute approximate surface area is 467 Å². The number of aliphatic hydroxyl groups excluding tert-OH is 16. The van der Waals surface area contributed by atoms with Crippen molar-refractivity contribution >= 4 is 35.5 Å². The SMILES string of the molecule is O=C(CCCCC(=O)ON1C(=O)CCC1=O)N[C@@H](CCC(=O)N(CCO[C@H]1O[C@H](CO)[C@@H](O)[C@H](O)[C@@H]1O)CCO[C@H]1O[C@H](CO)[C@@H](O)[C@H](O)[C@@H]1O)C(=O)N(CCO[C@H]1O[C@H](CO)[C@@H](O)[C@H](O)[C@@H]1O)CCO[C@H]1O[C@H](CO)[C@@H](O)[C@H](O)[C@@H]1O. The van der Waals surface area contributed by atoms with Crippen molar-refractivity contribution in [3.63, 3.8) is 0 Å². The smallest absolute Gasteiger partial charge is 0.333 e. The number of amides is 5. The zero-order valence-electron chi connectivity index (χ0n) is 44.4. The van der Waals surface area contributed by atoms with Gasteiger partial charge in [0.15, 0.2) is 25.2 Å². The number of unbranched alkanes of at least 4 members (excludes halogenated alkanes) is 1. The third-order valence-electron chi connectivity index (χ3n) is 14.1. The van der Waals surface area contributed by atoms with Gasteiger partial charge in [0, 0.05) is 58.3 Å². The zero-order chi connectivity index (χ0) is 60.5. The van der Waals surface area contributed by atoms with Crippen LogP contribution in [-0.2, 0) is 71.5 Å². The molecule has 5 heterocycles. The number of carbonyl (C=O) groups excluding carboxylic acids is 6. The van der Waals surface area contributed by atoms with Crippen LogP contribution in [0, 0.1) is 0 Å². The van der Waals surface area contributed by atoms with Crippen LogP contribution in [0.1, 0.15) is 51.4 Å². The monoisotopic (exact) mass is 1190 g/mol. The molecule has 472 valence electrons. The molecule has 0 aromatic rings. The maximum atomic E-state index is 14.8. The summed E-state index contributed by atoms with van der Waals surface area (Å²) in [6, 6.07) is -1.66. The molecule has 21 atom stereocenters. The molecule has 5 fully saturated rings. The van der Waals surface area contributed by atoms with Crippen molar-refractivity contribution in [2.45, 2.75) is 180 Å². The van der Waals surface area contributed by atoms with Gasteiger partial charge in [-0.05, 0) is 19.3 Å². The highest BCUT2D eigenvalue weighted by atomic mass is 16.7. The Bertz CT molecular complexity index is 1930. The fraction of sp³-hybridized carbons (Fsp3) is 0.872. The molecule has 0 aromatic carbocycles. The van der Waals surface area contributed by atoms with Crippen LogP contribution in [0.2, 0.25) is 0 Å². The highest BCUT2D eigenvalue weighted by Gasteiger charge is 2.48. The van der Waals surface area contributed by atoms with Crippen molar-refractivity contribution in [3.05, 3.63) is 0 Å². The molecule has 35 nitrogen and oxygen atoms in total. The van der Waals surface area contributed by atoms with Crippen molar-refractivity contribution in [1.82, 2.24) is 20.2 Å². The highest BCUT2D eigenvalue weighted by molar-refractivity contribution is 6.01. The second-order valence-electron chi connectivity index (χ2n) is 19.9. The highest BCUT2D eigenvalue weighted by Crippen LogP contribution is 2.26. The normalized spacial score (nSPS) is 35.5. The molecule has 82 heavy (non-hydrogen) atoms. The second kappa shape index (κ2) is 33.1. The molecule has 0 bridgehead atoms. The van der Waals surface area contributed by atoms with Gasteiger partial charge in [0.2, 0.25) is 17.7 Å². The molecule has 5 rings (SSSR count). The average Bonchev–Trinajstić information content (AvgIpc) is 3.83. The molecule has 5 aliphatic heterocycles. The van der Waals surface area contributed by atoms with E-state index in [1.54, 1.807) is 0 Å². The van der Waals surface area contributed by atoms with Gasteiger partial charge in [-0.15, -0.1) is 5.06 Å². The molecule has 0 saturated carbocycles. The Hall–Kier alpha value is -3.94. The van der Waals surface area contributed by atoms with Gasteiger partial charge in [0.1, 0.15) is 104 Å². The van der Waals surface area contributed by atoms with E-state index >= 15 is 0 Å². The Balaban J connectivity index is 1.36. The molecule has 0 radical (unpaired) electrons. The van der Waals surface area contributed by atoms with Crippen LogP contribution >= 0.6 is 0 Å². The lowest BCUT2D eigenvalue weighted by atomic mass is 9.99. The fourth-order valence-electron chi connectivity index (χ4n) is 9.16. The topological polar surface area (TPSA) is 531 Å². The summed E-state index contributed by atoms with van der Waals surface area (Å²) in [5.41, 5.74) is 0. The second-order valence-corrected chi connectivity index (χ2v) is 19.9. The van der Waals surface area contributed by atoms with Gasteiger partial charge in [-0.3, -0.25) is 24.0 Å². The number of hydrogen-bond acceptors (Lipinski definition) is 31. The van der Waals surface area contributed by atoms with Crippen molar-refractivity contribution in [3.8, 4) is 0 Å². The Kier molecular flexibility index (Phi) is 27.8. The van der Waals surface area contributed by atoms with Crippen LogP contribution in [0.4, 0.5) is 0 Å². The van der Waals surface area contributed by atoms with Gasteiger partial charge in [-0.2, -0.15) is 0 Å². The fourth-order valence-corrected chi connectivity index (χ4v) is 9.16. The van der Waals surface area contributed by atoms with Gasteiger partial charge in [0.25, 0.3) is 11.8 Å². The molecule has 0 unspecified atom stereocenters. The first kappa shape index (κ1) is 68.8. The minimum atomic E-state index is -1.88. The van der Waals surface area contributed by atoms with E-state index in [9.17, 15) is 110 Å². The van der Waals surface area contributed by atoms with E-state index in [2.05, 4.69) is 5.32 Å². The summed E-state index contributed by atoms with van der Waals surface area (Å²) in [5, 5.41) is 166. The van der Waals surface area contributed by atoms with Crippen LogP contribution in [0.15, 0.2) is 0 Å². The first-order valence-electron chi connectivity index (χ1n) is 26.6. The van der Waals surface area contributed by atoms with E-state index in [4.69, 9.17) is 42.7 Å². The van der Waals surface area contributed by atoms with Gasteiger partial charge < -0.3 is 140 Å². The molecular formula is C47H78N4O31. The van der Waals surface area contributed by atoms with Crippen LogP contribution in [0.5, 0.6) is 0 Å². The molecule has 0 aliphatic carbocycles. The van der Waals surface area contributed by atoms with Gasteiger partial charge >= 0.3 is 5.97 Å². The minimum absolute atomic E-state index is 0.0262. The molecule has 5 saturated heterocycles. The van der Waals surface area contributed by atoms with Crippen LogP contribution < -0.4 is 5.32 Å². The maximum Gasteiger partial charge on any atom is 0.333 e. The third-order valence-corrected chi connectivity index (χ3v) is 14.1. The zero-order valence-corrected chi connectivity index (χ0v) is 44.4. The summed E-state index contributed by atoms with van der Waals surface area (Å²) < 4.78 is 44.0. The molecule has 0 spiro atoms. The number of aliphatic hydroxyl groups is 16. The Morgan fingerprint density at radius 2 is 0.805 bits per heavy atom. The van der Waals surface area contributed by atoms with E-state index in [0.717, 1.165) is 9.80 Å². The largest absolute Gasteiger partial charge is 0.394 e. The number of rotatable bonds is 31. The Morgan fingerprint density at radius 1 is 0.476 bits per heavy atom. The summed E-state index contributed by atoms with van der Waals surface area (Å²) >= 11 is 0. The number of carbonyl (C=O) groups is 6. The summed E-state index contributed by atoms with van der Waals surface area (Å²) in [6.07, 6.45) is -36.3. The molecule has 0 aromatic heterocycles. The first-order chi connectivity index (χ1) is 39.0. The van der Waals surface area contributed by atoms with E-state index in [1.807, 2.05) is 0 Å². The standard InChI is InChI=1S/C47H78N4O31/c52-17-22-31(61)35(65)39(69)44(78-22)74-13-9-49(10-14-75-45-40(70)36(66)32(62)23(18-53)79-45)27(57)6-5-21(48-26(56)3-1-2-4-30(60)82-51-28(58)7-8-29(51)59)43(73)50(11-15-76-46-41(71)37(67)33(63)24(19-54)80-46)12-16-77-47-42(72)38(68)34(64)25(20-55)81-47/h21-25,31-42,44-47,52-55,61-72H,1-20H2,(H,48,56)/t21-,22+,23+,24+,25+,31+,32+,33+,34+,35-,36-,37-,38-,39-,40-,41-,42-,44-,45-,46-,47-/m0/s1. The van der Waals surface area contributed by atoms with Crippen LogP contribution in [0.3, 0.4) is 0 Å². The molecular weight excluding hydrogens is 1120 g/mol.